The molecule has 4 nitrogen and oxygen atoms in total. The highest BCUT2D eigenvalue weighted by Crippen LogP contribution is 2.18. The predicted octanol–water partition coefficient (Wildman–Crippen LogP) is 1.54. The molecule has 0 saturated carbocycles. The van der Waals surface area contributed by atoms with E-state index in [0.717, 1.165) is 4.90 Å². The van der Waals surface area contributed by atoms with Gasteiger partial charge in [-0.25, -0.2) is 4.98 Å². The van der Waals surface area contributed by atoms with E-state index in [1.807, 2.05) is 0 Å². The molecule has 0 fully saturated rings. The van der Waals surface area contributed by atoms with Crippen molar-refractivity contribution in [2.75, 3.05) is 23.3 Å². The molecule has 0 spiro atoms. The van der Waals surface area contributed by atoms with Crippen molar-refractivity contribution in [2.24, 2.45) is 7.05 Å². The zero-order valence-corrected chi connectivity index (χ0v) is 10.6. The molecule has 0 saturated heterocycles. The Labute approximate surface area is 104 Å². The SMILES string of the molecule is Cn1ccnc(N(CCBr)CC(F)(F)F)c1=O. The number of alkyl halides is 4. The number of rotatable bonds is 4. The molecule has 0 aliphatic carbocycles. The fourth-order valence-corrected chi connectivity index (χ4v) is 1.71. The lowest BCUT2D eigenvalue weighted by Gasteiger charge is -2.23. The van der Waals surface area contributed by atoms with E-state index in [-0.39, 0.29) is 12.4 Å². The molecule has 17 heavy (non-hydrogen) atoms. The lowest BCUT2D eigenvalue weighted by Crippen LogP contribution is -2.40. The van der Waals surface area contributed by atoms with Gasteiger partial charge in [0.1, 0.15) is 6.54 Å². The largest absolute Gasteiger partial charge is 0.405 e. The van der Waals surface area contributed by atoms with E-state index in [2.05, 4.69) is 20.9 Å². The highest BCUT2D eigenvalue weighted by Gasteiger charge is 2.32. The number of anilines is 1. The van der Waals surface area contributed by atoms with Crippen LogP contribution in [0.3, 0.4) is 0 Å². The first kappa shape index (κ1) is 14.0. The summed E-state index contributed by atoms with van der Waals surface area (Å²) in [7, 11) is 1.47. The highest BCUT2D eigenvalue weighted by atomic mass is 79.9. The monoisotopic (exact) mass is 313 g/mol. The van der Waals surface area contributed by atoms with Crippen LogP contribution in [0, 0.1) is 0 Å². The van der Waals surface area contributed by atoms with E-state index in [9.17, 15) is 18.0 Å². The van der Waals surface area contributed by atoms with Crippen LogP contribution in [0.4, 0.5) is 19.0 Å². The Morgan fingerprint density at radius 2 is 2.18 bits per heavy atom. The molecule has 0 atom stereocenters. The van der Waals surface area contributed by atoms with Gasteiger partial charge in [-0.15, -0.1) is 0 Å². The topological polar surface area (TPSA) is 38.1 Å². The van der Waals surface area contributed by atoms with Gasteiger partial charge in [-0.2, -0.15) is 13.2 Å². The molecular formula is C9H11BrF3N3O. The van der Waals surface area contributed by atoms with Gasteiger partial charge in [0.2, 0.25) is 0 Å². The third-order valence-corrected chi connectivity index (χ3v) is 2.38. The van der Waals surface area contributed by atoms with Crippen molar-refractivity contribution in [3.8, 4) is 0 Å². The summed E-state index contributed by atoms with van der Waals surface area (Å²) in [4.78, 5) is 16.3. The Morgan fingerprint density at radius 1 is 1.53 bits per heavy atom. The van der Waals surface area contributed by atoms with E-state index in [1.165, 1.54) is 24.0 Å². The molecule has 0 aliphatic rings. The molecule has 1 aromatic heterocycles. The summed E-state index contributed by atoms with van der Waals surface area (Å²) in [5.41, 5.74) is -0.544. The molecule has 0 aromatic carbocycles. The molecule has 0 bridgehead atoms. The Balaban J connectivity index is 3.06. The second kappa shape index (κ2) is 5.52. The second-order valence-electron chi connectivity index (χ2n) is 3.39. The Bertz CT molecular complexity index is 432. The van der Waals surface area contributed by atoms with Gasteiger partial charge in [-0.05, 0) is 0 Å². The van der Waals surface area contributed by atoms with E-state index in [0.29, 0.717) is 5.33 Å². The van der Waals surface area contributed by atoms with Crippen LogP contribution in [0.15, 0.2) is 17.2 Å². The summed E-state index contributed by atoms with van der Waals surface area (Å²) < 4.78 is 38.3. The van der Waals surface area contributed by atoms with Crippen LogP contribution in [-0.2, 0) is 7.05 Å². The average Bonchev–Trinajstić information content (AvgIpc) is 2.19. The van der Waals surface area contributed by atoms with E-state index in [1.54, 1.807) is 0 Å². The average molecular weight is 314 g/mol. The molecule has 8 heteroatoms. The smallest absolute Gasteiger partial charge is 0.342 e. The minimum atomic E-state index is -4.37. The van der Waals surface area contributed by atoms with Crippen molar-refractivity contribution < 1.29 is 13.2 Å². The zero-order valence-electron chi connectivity index (χ0n) is 9.04. The first-order chi connectivity index (χ1) is 7.85. The van der Waals surface area contributed by atoms with Gasteiger partial charge in [0, 0.05) is 31.3 Å². The summed E-state index contributed by atoms with van der Waals surface area (Å²) in [5.74, 6) is -0.188. The van der Waals surface area contributed by atoms with Crippen LogP contribution < -0.4 is 10.5 Å². The van der Waals surface area contributed by atoms with Gasteiger partial charge in [-0.1, -0.05) is 15.9 Å². The maximum absolute atomic E-state index is 12.4. The van der Waals surface area contributed by atoms with Crippen LogP contribution in [0.1, 0.15) is 0 Å². The molecule has 1 aromatic rings. The van der Waals surface area contributed by atoms with Gasteiger partial charge < -0.3 is 9.47 Å². The van der Waals surface area contributed by atoms with Crippen molar-refractivity contribution in [3.63, 3.8) is 0 Å². The van der Waals surface area contributed by atoms with Gasteiger partial charge in [0.15, 0.2) is 5.82 Å². The van der Waals surface area contributed by atoms with Crippen LogP contribution in [0.25, 0.3) is 0 Å². The summed E-state index contributed by atoms with van der Waals surface area (Å²) in [6.45, 7) is -1.13. The van der Waals surface area contributed by atoms with Gasteiger partial charge in [-0.3, -0.25) is 4.79 Å². The lowest BCUT2D eigenvalue weighted by atomic mass is 10.4. The van der Waals surface area contributed by atoms with Crippen LogP contribution >= 0.6 is 15.9 Å². The Morgan fingerprint density at radius 3 is 2.71 bits per heavy atom. The third kappa shape index (κ3) is 4.03. The molecule has 96 valence electrons. The third-order valence-electron chi connectivity index (χ3n) is 2.02. The van der Waals surface area contributed by atoms with Crippen molar-refractivity contribution in [1.29, 1.82) is 0 Å². The van der Waals surface area contributed by atoms with E-state index in [4.69, 9.17) is 0 Å². The maximum Gasteiger partial charge on any atom is 0.405 e. The number of aryl methyl sites for hydroxylation is 1. The molecule has 0 aliphatic heterocycles. The van der Waals surface area contributed by atoms with Crippen molar-refractivity contribution >= 4 is 21.7 Å². The maximum atomic E-state index is 12.4. The van der Waals surface area contributed by atoms with Crippen LogP contribution in [-0.4, -0.2) is 34.1 Å². The predicted molar refractivity (Wildman–Crippen MR) is 61.5 cm³/mol. The highest BCUT2D eigenvalue weighted by molar-refractivity contribution is 9.09. The molecule has 0 radical (unpaired) electrons. The molecule has 1 heterocycles. The van der Waals surface area contributed by atoms with Crippen LogP contribution in [0.5, 0.6) is 0 Å². The quantitative estimate of drug-likeness (QED) is 0.792. The molecular weight excluding hydrogens is 303 g/mol. The van der Waals surface area contributed by atoms with Gasteiger partial charge in [0.05, 0.1) is 0 Å². The molecule has 0 unspecified atom stereocenters. The summed E-state index contributed by atoms with van der Waals surface area (Å²) >= 11 is 3.05. The minimum absolute atomic E-state index is 0.0613. The van der Waals surface area contributed by atoms with Gasteiger partial charge >= 0.3 is 6.18 Å². The summed E-state index contributed by atoms with van der Waals surface area (Å²) in [6.07, 6.45) is -1.68. The van der Waals surface area contributed by atoms with Crippen molar-refractivity contribution in [2.45, 2.75) is 6.18 Å². The minimum Gasteiger partial charge on any atom is -0.342 e. The molecule has 0 amide bonds. The lowest BCUT2D eigenvalue weighted by molar-refractivity contribution is -0.119. The molecule has 0 N–H and O–H groups in total. The first-order valence-electron chi connectivity index (χ1n) is 4.74. The van der Waals surface area contributed by atoms with Crippen molar-refractivity contribution in [1.82, 2.24) is 9.55 Å². The number of aromatic nitrogens is 2. The number of nitrogens with zero attached hydrogens (tertiary/aromatic N) is 3. The van der Waals surface area contributed by atoms with E-state index >= 15 is 0 Å². The number of hydrogen-bond acceptors (Lipinski definition) is 3. The Hall–Kier alpha value is -1.05. The fourth-order valence-electron chi connectivity index (χ4n) is 1.28. The van der Waals surface area contributed by atoms with Crippen molar-refractivity contribution in [3.05, 3.63) is 22.7 Å². The second-order valence-corrected chi connectivity index (χ2v) is 4.19. The molecule has 1 rings (SSSR count). The normalized spacial score (nSPS) is 11.6. The summed E-state index contributed by atoms with van der Waals surface area (Å²) in [6, 6.07) is 0. The van der Waals surface area contributed by atoms with Gasteiger partial charge in [0.25, 0.3) is 5.56 Å². The standard InChI is InChI=1S/C9H11BrF3N3O/c1-15-5-3-14-7(8(15)17)16(4-2-10)6-9(11,12)13/h3,5H,2,4,6H2,1H3. The Kier molecular flexibility index (Phi) is 4.55. The zero-order chi connectivity index (χ0) is 13.1. The summed E-state index contributed by atoms with van der Waals surface area (Å²) in [5, 5.41) is 0.322. The van der Waals surface area contributed by atoms with E-state index < -0.39 is 18.3 Å². The first-order valence-corrected chi connectivity index (χ1v) is 5.86. The number of hydrogen-bond donors (Lipinski definition) is 0. The number of halogens is 4. The van der Waals surface area contributed by atoms with Crippen LogP contribution in [0.2, 0.25) is 0 Å². The fraction of sp³-hybridized carbons (Fsp3) is 0.556.